The van der Waals surface area contributed by atoms with E-state index in [2.05, 4.69) is 13.8 Å². The molecule has 3 N–H and O–H groups in total. The van der Waals surface area contributed by atoms with Crippen molar-refractivity contribution in [3.05, 3.63) is 0 Å². The number of aliphatic hydroxyl groups is 1. The van der Waals surface area contributed by atoms with Gasteiger partial charge in [-0.05, 0) is 37.1 Å². The van der Waals surface area contributed by atoms with E-state index >= 15 is 0 Å². The lowest BCUT2D eigenvalue weighted by molar-refractivity contribution is 0.0598. The summed E-state index contributed by atoms with van der Waals surface area (Å²) >= 11 is 0. The maximum Gasteiger partial charge on any atom is 0.0583 e. The molecular formula is C12H25NO. The maximum atomic E-state index is 10.0. The van der Waals surface area contributed by atoms with Crippen molar-refractivity contribution in [2.45, 2.75) is 52.1 Å². The number of hydrogen-bond donors (Lipinski definition) is 2. The molecule has 0 heterocycles. The van der Waals surface area contributed by atoms with Gasteiger partial charge in [0.15, 0.2) is 0 Å². The molecule has 2 nitrogen and oxygen atoms in total. The Morgan fingerprint density at radius 2 is 2.00 bits per heavy atom. The van der Waals surface area contributed by atoms with Crippen molar-refractivity contribution < 1.29 is 5.11 Å². The van der Waals surface area contributed by atoms with E-state index in [1.807, 2.05) is 0 Å². The van der Waals surface area contributed by atoms with Gasteiger partial charge in [-0.15, -0.1) is 0 Å². The molecule has 0 bridgehead atoms. The van der Waals surface area contributed by atoms with E-state index in [1.54, 1.807) is 0 Å². The van der Waals surface area contributed by atoms with E-state index in [1.165, 1.54) is 19.3 Å². The first-order valence-corrected chi connectivity index (χ1v) is 6.01. The molecule has 1 rings (SSSR count). The third-order valence-electron chi connectivity index (χ3n) is 3.42. The van der Waals surface area contributed by atoms with Crippen molar-refractivity contribution in [2.75, 3.05) is 6.54 Å². The molecule has 0 spiro atoms. The van der Waals surface area contributed by atoms with Crippen LogP contribution in [0.5, 0.6) is 0 Å². The molecule has 0 aliphatic heterocycles. The van der Waals surface area contributed by atoms with Crippen LogP contribution in [-0.4, -0.2) is 17.8 Å². The summed E-state index contributed by atoms with van der Waals surface area (Å²) in [5.41, 5.74) is 5.70. The molecule has 84 valence electrons. The summed E-state index contributed by atoms with van der Waals surface area (Å²) in [6, 6.07) is 0. The summed E-state index contributed by atoms with van der Waals surface area (Å²) in [5.74, 6) is 1.74. The van der Waals surface area contributed by atoms with Crippen LogP contribution < -0.4 is 5.73 Å². The first kappa shape index (κ1) is 12.0. The maximum absolute atomic E-state index is 10.0. The van der Waals surface area contributed by atoms with Crippen LogP contribution in [0.1, 0.15) is 46.0 Å². The second kappa shape index (κ2) is 5.72. The molecule has 1 aliphatic carbocycles. The lowest BCUT2D eigenvalue weighted by Crippen LogP contribution is -2.32. The van der Waals surface area contributed by atoms with E-state index in [9.17, 15) is 5.11 Å². The van der Waals surface area contributed by atoms with E-state index in [-0.39, 0.29) is 6.10 Å². The van der Waals surface area contributed by atoms with Crippen LogP contribution in [0.3, 0.4) is 0 Å². The quantitative estimate of drug-likeness (QED) is 0.688. The van der Waals surface area contributed by atoms with Crippen LogP contribution >= 0.6 is 0 Å². The number of rotatable bonds is 6. The Morgan fingerprint density at radius 1 is 1.36 bits per heavy atom. The summed E-state index contributed by atoms with van der Waals surface area (Å²) in [5, 5.41) is 10.0. The lowest BCUT2D eigenvalue weighted by Gasteiger charge is -2.31. The van der Waals surface area contributed by atoms with E-state index in [0.29, 0.717) is 18.4 Å². The van der Waals surface area contributed by atoms with Gasteiger partial charge >= 0.3 is 0 Å². The van der Waals surface area contributed by atoms with Crippen molar-refractivity contribution in [2.24, 2.45) is 23.5 Å². The molecule has 0 radical (unpaired) electrons. The molecule has 2 unspecified atom stereocenters. The summed E-state index contributed by atoms with van der Waals surface area (Å²) in [4.78, 5) is 0. The second-order valence-corrected chi connectivity index (χ2v) is 5.23. The summed E-state index contributed by atoms with van der Waals surface area (Å²) in [6.45, 7) is 5.02. The van der Waals surface area contributed by atoms with Gasteiger partial charge in [0.25, 0.3) is 0 Å². The molecule has 0 aromatic rings. The Morgan fingerprint density at radius 3 is 2.36 bits per heavy atom. The molecule has 0 saturated heterocycles. The van der Waals surface area contributed by atoms with Gasteiger partial charge in [-0.25, -0.2) is 0 Å². The lowest BCUT2D eigenvalue weighted by atomic mass is 9.78. The zero-order chi connectivity index (χ0) is 10.6. The molecule has 1 fully saturated rings. The number of nitrogens with two attached hydrogens (primary N) is 1. The van der Waals surface area contributed by atoms with Crippen LogP contribution in [0.15, 0.2) is 0 Å². The zero-order valence-corrected chi connectivity index (χ0v) is 9.58. The molecule has 2 heteroatoms. The van der Waals surface area contributed by atoms with Crippen molar-refractivity contribution in [1.82, 2.24) is 0 Å². The van der Waals surface area contributed by atoms with Gasteiger partial charge in [-0.3, -0.25) is 0 Å². The van der Waals surface area contributed by atoms with Crippen molar-refractivity contribution in [3.63, 3.8) is 0 Å². The van der Waals surface area contributed by atoms with E-state index in [0.717, 1.165) is 18.8 Å². The predicted molar refractivity (Wildman–Crippen MR) is 60.0 cm³/mol. The van der Waals surface area contributed by atoms with Crippen LogP contribution in [-0.2, 0) is 0 Å². The molecule has 1 aliphatic rings. The smallest absolute Gasteiger partial charge is 0.0583 e. The third-order valence-corrected chi connectivity index (χ3v) is 3.42. The second-order valence-electron chi connectivity index (χ2n) is 5.23. The minimum atomic E-state index is -0.160. The van der Waals surface area contributed by atoms with Gasteiger partial charge < -0.3 is 10.8 Å². The topological polar surface area (TPSA) is 46.2 Å². The van der Waals surface area contributed by atoms with Gasteiger partial charge in [-0.2, -0.15) is 0 Å². The fraction of sp³-hybridized carbons (Fsp3) is 1.00. The molecular weight excluding hydrogens is 174 g/mol. The van der Waals surface area contributed by atoms with Crippen molar-refractivity contribution in [3.8, 4) is 0 Å². The molecule has 0 amide bonds. The average molecular weight is 199 g/mol. The third kappa shape index (κ3) is 3.58. The predicted octanol–water partition coefficient (Wildman–Crippen LogP) is 2.16. The number of hydrogen-bond acceptors (Lipinski definition) is 2. The van der Waals surface area contributed by atoms with Crippen LogP contribution in [0.25, 0.3) is 0 Å². The highest BCUT2D eigenvalue weighted by Gasteiger charge is 2.25. The minimum absolute atomic E-state index is 0.160. The summed E-state index contributed by atoms with van der Waals surface area (Å²) in [7, 11) is 0. The highest BCUT2D eigenvalue weighted by molar-refractivity contribution is 4.78. The Balaban J connectivity index is 2.26. The van der Waals surface area contributed by atoms with Crippen LogP contribution in [0.4, 0.5) is 0 Å². The fourth-order valence-corrected chi connectivity index (χ4v) is 2.28. The van der Waals surface area contributed by atoms with Crippen LogP contribution in [0, 0.1) is 17.8 Å². The Hall–Kier alpha value is -0.0800. The Labute approximate surface area is 87.9 Å². The molecule has 2 atom stereocenters. The average Bonchev–Trinajstić information content (AvgIpc) is 2.06. The monoisotopic (exact) mass is 199 g/mol. The Bertz CT molecular complexity index is 154. The van der Waals surface area contributed by atoms with Crippen LogP contribution in [0.2, 0.25) is 0 Å². The highest BCUT2D eigenvalue weighted by Crippen LogP contribution is 2.32. The first-order valence-electron chi connectivity index (χ1n) is 6.01. The van der Waals surface area contributed by atoms with Gasteiger partial charge in [0.1, 0.15) is 0 Å². The standard InChI is InChI=1S/C12H25NO/c1-9(2)6-11(8-13)12(14)7-10-4-3-5-10/h9-12,14H,3-8,13H2,1-2H3. The number of aliphatic hydroxyl groups excluding tert-OH is 1. The van der Waals surface area contributed by atoms with Gasteiger partial charge in [0, 0.05) is 0 Å². The molecule has 14 heavy (non-hydrogen) atoms. The van der Waals surface area contributed by atoms with Crippen molar-refractivity contribution >= 4 is 0 Å². The first-order chi connectivity index (χ1) is 6.63. The summed E-state index contributed by atoms with van der Waals surface area (Å²) < 4.78 is 0. The SMILES string of the molecule is CC(C)CC(CN)C(O)CC1CCC1. The highest BCUT2D eigenvalue weighted by atomic mass is 16.3. The fourth-order valence-electron chi connectivity index (χ4n) is 2.28. The Kier molecular flexibility index (Phi) is 4.90. The van der Waals surface area contributed by atoms with Crippen molar-refractivity contribution in [1.29, 1.82) is 0 Å². The zero-order valence-electron chi connectivity index (χ0n) is 9.58. The molecule has 1 saturated carbocycles. The normalized spacial score (nSPS) is 22.1. The van der Waals surface area contributed by atoms with Gasteiger partial charge in [0.2, 0.25) is 0 Å². The van der Waals surface area contributed by atoms with E-state index in [4.69, 9.17) is 5.73 Å². The molecule has 0 aromatic carbocycles. The largest absolute Gasteiger partial charge is 0.393 e. The summed E-state index contributed by atoms with van der Waals surface area (Å²) in [6.07, 6.45) is 5.87. The van der Waals surface area contributed by atoms with E-state index < -0.39 is 0 Å². The minimum Gasteiger partial charge on any atom is -0.393 e. The van der Waals surface area contributed by atoms with Gasteiger partial charge in [0.05, 0.1) is 6.10 Å². The molecule has 0 aromatic heterocycles. The van der Waals surface area contributed by atoms with Gasteiger partial charge in [-0.1, -0.05) is 33.1 Å².